The highest BCUT2D eigenvalue weighted by Crippen LogP contribution is 2.28. The number of anilines is 1. The summed E-state index contributed by atoms with van der Waals surface area (Å²) in [5.74, 6) is -0.0443. The van der Waals surface area contributed by atoms with Crippen LogP contribution in [0.5, 0.6) is 0 Å². The number of nitrogens with one attached hydrogen (secondary N) is 1. The fourth-order valence-electron chi connectivity index (χ4n) is 1.56. The van der Waals surface area contributed by atoms with E-state index in [4.69, 9.17) is 17.3 Å². The first kappa shape index (κ1) is 15.7. The topological polar surface area (TPSA) is 85.1 Å². The minimum absolute atomic E-state index is 0.0443. The minimum Gasteiger partial charge on any atom is -0.383 e. The van der Waals surface area contributed by atoms with Gasteiger partial charge in [0.05, 0.1) is 10.4 Å². The summed E-state index contributed by atoms with van der Waals surface area (Å²) < 4.78 is 28.3. The Labute approximate surface area is 134 Å². The minimum atomic E-state index is -3.76. The summed E-state index contributed by atoms with van der Waals surface area (Å²) in [7, 11) is -3.76. The van der Waals surface area contributed by atoms with Crippen molar-refractivity contribution in [2.75, 3.05) is 5.73 Å². The van der Waals surface area contributed by atoms with Crippen LogP contribution in [0.15, 0.2) is 33.8 Å². The zero-order valence-corrected chi connectivity index (χ0v) is 14.3. The molecule has 0 fully saturated rings. The first-order chi connectivity index (χ1) is 9.29. The average molecular weight is 397 g/mol. The second-order valence-corrected chi connectivity index (χ2v) is 8.37. The van der Waals surface area contributed by atoms with Crippen LogP contribution in [0.3, 0.4) is 0 Å². The van der Waals surface area contributed by atoms with Crippen LogP contribution < -0.4 is 10.5 Å². The third-order valence-corrected chi connectivity index (χ3v) is 5.91. The van der Waals surface area contributed by atoms with Crippen LogP contribution in [0, 0.1) is 0 Å². The Hall–Kier alpha value is -0.670. The monoisotopic (exact) mass is 395 g/mol. The van der Waals surface area contributed by atoms with Crippen molar-refractivity contribution in [3.8, 4) is 0 Å². The maximum atomic E-state index is 12.3. The van der Waals surface area contributed by atoms with Gasteiger partial charge in [0.25, 0.3) is 0 Å². The molecule has 0 aromatic carbocycles. The number of nitrogens with zero attached hydrogens (tertiary/aromatic N) is 1. The Morgan fingerprint density at radius 2 is 2.20 bits per heavy atom. The first-order valence-electron chi connectivity index (χ1n) is 5.48. The van der Waals surface area contributed by atoms with Crippen LogP contribution in [0.4, 0.5) is 5.82 Å². The molecule has 9 heteroatoms. The second-order valence-electron chi connectivity index (χ2n) is 4.02. The van der Waals surface area contributed by atoms with Gasteiger partial charge in [0.1, 0.15) is 10.7 Å². The second kappa shape index (κ2) is 5.98. The summed E-state index contributed by atoms with van der Waals surface area (Å²) in [6.07, 6.45) is 1.44. The van der Waals surface area contributed by atoms with Gasteiger partial charge in [-0.2, -0.15) is 0 Å². The molecule has 2 heterocycles. The van der Waals surface area contributed by atoms with E-state index in [0.29, 0.717) is 8.81 Å². The van der Waals surface area contributed by atoms with E-state index in [9.17, 15) is 8.42 Å². The van der Waals surface area contributed by atoms with E-state index < -0.39 is 16.1 Å². The zero-order valence-electron chi connectivity index (χ0n) is 10.3. The predicted octanol–water partition coefficient (Wildman–Crippen LogP) is 3.18. The quantitative estimate of drug-likeness (QED) is 0.831. The van der Waals surface area contributed by atoms with Crippen molar-refractivity contribution in [1.29, 1.82) is 0 Å². The van der Waals surface area contributed by atoms with Crippen LogP contribution in [-0.2, 0) is 10.0 Å². The Morgan fingerprint density at radius 3 is 2.80 bits per heavy atom. The molecular formula is C11H11BrClN3O2S2. The highest BCUT2D eigenvalue weighted by atomic mass is 79.9. The van der Waals surface area contributed by atoms with E-state index in [1.165, 1.54) is 23.6 Å². The standard InChI is InChI=1S/C11H11BrClN3O2S2/c1-6(8-2-3-10(13)19-8)16-20(17,18)9-4-7(12)5-15-11(9)14/h2-6,16H,1H3,(H2,14,15). The molecule has 0 spiro atoms. The molecule has 0 aliphatic rings. The third kappa shape index (κ3) is 3.50. The lowest BCUT2D eigenvalue weighted by atomic mass is 10.3. The molecule has 0 aliphatic heterocycles. The molecule has 2 rings (SSSR count). The number of hydrogen-bond donors (Lipinski definition) is 2. The maximum absolute atomic E-state index is 12.3. The molecule has 0 bridgehead atoms. The number of nitrogen functional groups attached to an aromatic ring is 1. The third-order valence-electron chi connectivity index (χ3n) is 2.49. The van der Waals surface area contributed by atoms with Crippen LogP contribution in [-0.4, -0.2) is 13.4 Å². The number of halogens is 2. The van der Waals surface area contributed by atoms with E-state index in [-0.39, 0.29) is 10.7 Å². The number of aromatic nitrogens is 1. The largest absolute Gasteiger partial charge is 0.383 e. The lowest BCUT2D eigenvalue weighted by Crippen LogP contribution is -2.27. The fourth-order valence-corrected chi connectivity index (χ4v) is 4.51. The van der Waals surface area contributed by atoms with Crippen LogP contribution >= 0.6 is 38.9 Å². The molecule has 3 N–H and O–H groups in total. The van der Waals surface area contributed by atoms with Crippen molar-refractivity contribution in [2.45, 2.75) is 17.9 Å². The zero-order chi connectivity index (χ0) is 14.9. The molecule has 2 aromatic rings. The Bertz CT molecular complexity index is 733. The van der Waals surface area contributed by atoms with Gasteiger partial charge >= 0.3 is 0 Å². The van der Waals surface area contributed by atoms with E-state index >= 15 is 0 Å². The number of nitrogens with two attached hydrogens (primary N) is 1. The molecule has 2 aromatic heterocycles. The van der Waals surface area contributed by atoms with Gasteiger partial charge in [-0.15, -0.1) is 11.3 Å². The molecule has 5 nitrogen and oxygen atoms in total. The van der Waals surface area contributed by atoms with Crippen LogP contribution in [0.1, 0.15) is 17.8 Å². The van der Waals surface area contributed by atoms with Gasteiger partial charge in [-0.3, -0.25) is 0 Å². The average Bonchev–Trinajstić information content (AvgIpc) is 2.78. The SMILES string of the molecule is CC(NS(=O)(=O)c1cc(Br)cnc1N)c1ccc(Cl)s1. The van der Waals surface area contributed by atoms with Crippen LogP contribution in [0.2, 0.25) is 4.34 Å². The molecule has 0 radical (unpaired) electrons. The molecular weight excluding hydrogens is 386 g/mol. The molecule has 1 unspecified atom stereocenters. The van der Waals surface area contributed by atoms with Gasteiger partial charge in [0, 0.05) is 15.5 Å². The lowest BCUT2D eigenvalue weighted by Gasteiger charge is -2.13. The number of sulfonamides is 1. The van der Waals surface area contributed by atoms with Gasteiger partial charge in [0.2, 0.25) is 10.0 Å². The van der Waals surface area contributed by atoms with Gasteiger partial charge in [-0.25, -0.2) is 18.1 Å². The fraction of sp³-hybridized carbons (Fsp3) is 0.182. The summed E-state index contributed by atoms with van der Waals surface area (Å²) >= 11 is 10.3. The molecule has 108 valence electrons. The summed E-state index contributed by atoms with van der Waals surface area (Å²) in [4.78, 5) is 4.59. The van der Waals surface area contributed by atoms with Crippen molar-refractivity contribution in [3.05, 3.63) is 38.1 Å². The van der Waals surface area contributed by atoms with Crippen molar-refractivity contribution < 1.29 is 8.42 Å². The summed E-state index contributed by atoms with van der Waals surface area (Å²) in [5, 5.41) is 0. The maximum Gasteiger partial charge on any atom is 0.244 e. The van der Waals surface area contributed by atoms with Crippen molar-refractivity contribution in [3.63, 3.8) is 0 Å². The molecule has 1 atom stereocenters. The van der Waals surface area contributed by atoms with Gasteiger partial charge in [-0.1, -0.05) is 11.6 Å². The lowest BCUT2D eigenvalue weighted by molar-refractivity contribution is 0.568. The van der Waals surface area contributed by atoms with Crippen molar-refractivity contribution >= 4 is 54.7 Å². The van der Waals surface area contributed by atoms with Gasteiger partial charge in [0.15, 0.2) is 0 Å². The Balaban J connectivity index is 2.29. The predicted molar refractivity (Wildman–Crippen MR) is 84.4 cm³/mol. The van der Waals surface area contributed by atoms with E-state index in [0.717, 1.165) is 4.88 Å². The van der Waals surface area contributed by atoms with Gasteiger partial charge < -0.3 is 5.73 Å². The van der Waals surface area contributed by atoms with E-state index in [1.807, 2.05) is 0 Å². The Kier molecular flexibility index (Phi) is 4.70. The number of hydrogen-bond acceptors (Lipinski definition) is 5. The van der Waals surface area contributed by atoms with Crippen LogP contribution in [0.25, 0.3) is 0 Å². The first-order valence-corrected chi connectivity index (χ1v) is 8.95. The van der Waals surface area contributed by atoms with E-state index in [2.05, 4.69) is 25.6 Å². The molecule has 0 saturated carbocycles. The smallest absolute Gasteiger partial charge is 0.244 e. The summed E-state index contributed by atoms with van der Waals surface area (Å²) in [6, 6.07) is 4.51. The van der Waals surface area contributed by atoms with E-state index in [1.54, 1.807) is 19.1 Å². The van der Waals surface area contributed by atoms with Crippen molar-refractivity contribution in [2.24, 2.45) is 0 Å². The number of pyridine rings is 1. The normalized spacial score (nSPS) is 13.3. The summed E-state index contributed by atoms with van der Waals surface area (Å²) in [6.45, 7) is 1.74. The highest BCUT2D eigenvalue weighted by Gasteiger charge is 2.22. The summed E-state index contributed by atoms with van der Waals surface area (Å²) in [5.41, 5.74) is 5.62. The molecule has 0 saturated heterocycles. The van der Waals surface area contributed by atoms with Gasteiger partial charge in [-0.05, 0) is 41.1 Å². The Morgan fingerprint density at radius 1 is 1.50 bits per heavy atom. The highest BCUT2D eigenvalue weighted by molar-refractivity contribution is 9.10. The molecule has 0 aliphatic carbocycles. The number of rotatable bonds is 4. The molecule has 20 heavy (non-hydrogen) atoms. The molecule has 0 amide bonds. The number of thiophene rings is 1. The van der Waals surface area contributed by atoms with Crippen molar-refractivity contribution in [1.82, 2.24) is 9.71 Å².